The molecule has 0 radical (unpaired) electrons. The Morgan fingerprint density at radius 1 is 1.06 bits per heavy atom. The molecule has 4 aromatic rings. The van der Waals surface area contributed by atoms with Crippen molar-refractivity contribution in [2.45, 2.75) is 25.8 Å². The molecule has 1 aromatic heterocycles. The molecular formula is C26H24ClN3O2. The number of benzene rings is 3. The minimum Gasteiger partial charge on any atom is -0.491 e. The molecule has 1 aliphatic rings. The summed E-state index contributed by atoms with van der Waals surface area (Å²) in [6.07, 6.45) is 0.425. The first-order valence-corrected chi connectivity index (χ1v) is 11.2. The molecule has 1 fully saturated rings. The van der Waals surface area contributed by atoms with Crippen molar-refractivity contribution in [2.24, 2.45) is 0 Å². The van der Waals surface area contributed by atoms with Crippen LogP contribution in [0.3, 0.4) is 0 Å². The number of hydrogen-bond acceptors (Lipinski definition) is 3. The van der Waals surface area contributed by atoms with Crippen LogP contribution in [0.1, 0.15) is 23.7 Å². The lowest BCUT2D eigenvalue weighted by Gasteiger charge is -2.18. The Kier molecular flexibility index (Phi) is 5.58. The number of halogens is 1. The molecule has 0 bridgehead atoms. The van der Waals surface area contributed by atoms with Crippen molar-refractivity contribution < 1.29 is 9.53 Å². The van der Waals surface area contributed by atoms with E-state index in [1.165, 1.54) is 0 Å². The van der Waals surface area contributed by atoms with Crippen molar-refractivity contribution in [1.29, 1.82) is 0 Å². The summed E-state index contributed by atoms with van der Waals surface area (Å²) in [4.78, 5) is 19.6. The van der Waals surface area contributed by atoms with Crippen LogP contribution in [0.15, 0.2) is 72.8 Å². The van der Waals surface area contributed by atoms with Gasteiger partial charge in [0.15, 0.2) is 0 Å². The molecule has 5 nitrogen and oxygen atoms in total. The largest absolute Gasteiger partial charge is 0.491 e. The van der Waals surface area contributed by atoms with Crippen molar-refractivity contribution in [2.75, 3.05) is 18.1 Å². The molecule has 162 valence electrons. The second-order valence-electron chi connectivity index (χ2n) is 8.11. The van der Waals surface area contributed by atoms with E-state index in [9.17, 15) is 4.79 Å². The number of carbonyl (C=O) groups excluding carboxylic acids is 1. The minimum absolute atomic E-state index is 0.00680. The molecule has 5 rings (SSSR count). The maximum Gasteiger partial charge on any atom is 0.227 e. The molecule has 1 aliphatic heterocycles. The molecule has 0 saturated carbocycles. The Morgan fingerprint density at radius 3 is 2.72 bits per heavy atom. The highest BCUT2D eigenvalue weighted by molar-refractivity contribution is 6.30. The summed E-state index contributed by atoms with van der Waals surface area (Å²) in [5.74, 6) is 1.92. The predicted molar refractivity (Wildman–Crippen MR) is 128 cm³/mol. The lowest BCUT2D eigenvalue weighted by molar-refractivity contribution is -0.117. The van der Waals surface area contributed by atoms with Gasteiger partial charge in [0.1, 0.15) is 18.2 Å². The normalized spacial score (nSPS) is 16.1. The first-order chi connectivity index (χ1) is 15.6. The molecule has 1 unspecified atom stereocenters. The number of anilines is 1. The second-order valence-corrected chi connectivity index (χ2v) is 8.55. The Morgan fingerprint density at radius 2 is 1.88 bits per heavy atom. The van der Waals surface area contributed by atoms with Crippen LogP contribution in [0.4, 0.5) is 5.69 Å². The standard InChI is InChI=1S/C26H24ClN3O2/c1-18-7-2-5-12-24(18)32-14-13-29-23-11-4-3-10-22(23)28-26(29)19-15-25(31)30(17-19)21-9-6-8-20(27)16-21/h2-12,16,19H,13-15,17H2,1H3. The van der Waals surface area contributed by atoms with Crippen LogP contribution in [0, 0.1) is 6.92 Å². The number of amides is 1. The van der Waals surface area contributed by atoms with E-state index in [2.05, 4.69) is 10.6 Å². The fourth-order valence-electron chi connectivity index (χ4n) is 4.38. The van der Waals surface area contributed by atoms with E-state index in [1.54, 1.807) is 0 Å². The zero-order valence-electron chi connectivity index (χ0n) is 17.9. The van der Waals surface area contributed by atoms with Gasteiger partial charge >= 0.3 is 0 Å². The summed E-state index contributed by atoms with van der Waals surface area (Å²) in [6, 6.07) is 23.6. The van der Waals surface area contributed by atoms with Gasteiger partial charge in [0.25, 0.3) is 0 Å². The molecular weight excluding hydrogens is 422 g/mol. The summed E-state index contributed by atoms with van der Waals surface area (Å²) >= 11 is 6.15. The van der Waals surface area contributed by atoms with E-state index in [0.717, 1.165) is 33.9 Å². The third kappa shape index (κ3) is 3.96. The van der Waals surface area contributed by atoms with Crippen molar-refractivity contribution in [1.82, 2.24) is 9.55 Å². The van der Waals surface area contributed by atoms with Gasteiger partial charge in [0, 0.05) is 29.6 Å². The van der Waals surface area contributed by atoms with Crippen molar-refractivity contribution in [3.8, 4) is 5.75 Å². The molecule has 0 N–H and O–H groups in total. The Labute approximate surface area is 192 Å². The number of nitrogens with zero attached hydrogens (tertiary/aromatic N) is 3. The highest BCUT2D eigenvalue weighted by Crippen LogP contribution is 2.34. The van der Waals surface area contributed by atoms with E-state index in [4.69, 9.17) is 21.3 Å². The summed E-state index contributed by atoms with van der Waals surface area (Å²) in [5, 5.41) is 0.624. The number of rotatable bonds is 6. The van der Waals surface area contributed by atoms with Crippen LogP contribution in [-0.2, 0) is 11.3 Å². The summed E-state index contributed by atoms with van der Waals surface area (Å²) in [6.45, 7) is 3.81. The quantitative estimate of drug-likeness (QED) is 0.388. The fraction of sp³-hybridized carbons (Fsp3) is 0.231. The number of aromatic nitrogens is 2. The van der Waals surface area contributed by atoms with Gasteiger partial charge < -0.3 is 14.2 Å². The van der Waals surface area contributed by atoms with Gasteiger partial charge in [-0.05, 0) is 48.9 Å². The van der Waals surface area contributed by atoms with Crippen molar-refractivity contribution in [3.63, 3.8) is 0 Å². The number of para-hydroxylation sites is 3. The molecule has 0 spiro atoms. The van der Waals surface area contributed by atoms with Crippen molar-refractivity contribution >= 4 is 34.2 Å². The SMILES string of the molecule is Cc1ccccc1OCCn1c(C2CC(=O)N(c3cccc(Cl)c3)C2)nc2ccccc21. The Balaban J connectivity index is 1.41. The summed E-state index contributed by atoms with van der Waals surface area (Å²) in [7, 11) is 0. The number of hydrogen-bond donors (Lipinski definition) is 0. The molecule has 6 heteroatoms. The summed E-state index contributed by atoms with van der Waals surface area (Å²) in [5.41, 5.74) is 3.94. The van der Waals surface area contributed by atoms with Gasteiger partial charge in [-0.1, -0.05) is 48.0 Å². The van der Waals surface area contributed by atoms with Gasteiger partial charge in [-0.25, -0.2) is 4.98 Å². The van der Waals surface area contributed by atoms with Gasteiger partial charge in [0.05, 0.1) is 17.6 Å². The molecule has 0 aliphatic carbocycles. The van der Waals surface area contributed by atoms with E-state index in [1.807, 2.05) is 78.6 Å². The number of aryl methyl sites for hydroxylation is 1. The minimum atomic E-state index is 0.00680. The van der Waals surface area contributed by atoms with Gasteiger partial charge in [0.2, 0.25) is 5.91 Å². The monoisotopic (exact) mass is 445 g/mol. The highest BCUT2D eigenvalue weighted by atomic mass is 35.5. The maximum absolute atomic E-state index is 12.9. The van der Waals surface area contributed by atoms with Gasteiger partial charge in [-0.15, -0.1) is 0 Å². The lowest BCUT2D eigenvalue weighted by Crippen LogP contribution is -2.24. The number of carbonyl (C=O) groups is 1. The van der Waals surface area contributed by atoms with Gasteiger partial charge in [-0.2, -0.15) is 0 Å². The van der Waals surface area contributed by atoms with E-state index in [0.29, 0.717) is 31.1 Å². The second kappa shape index (κ2) is 8.67. The number of fused-ring (bicyclic) bond motifs is 1. The van der Waals surface area contributed by atoms with Crippen LogP contribution in [0.25, 0.3) is 11.0 Å². The number of imidazole rings is 1. The van der Waals surface area contributed by atoms with E-state index < -0.39 is 0 Å². The highest BCUT2D eigenvalue weighted by Gasteiger charge is 2.34. The first kappa shape index (κ1) is 20.6. The van der Waals surface area contributed by atoms with E-state index in [-0.39, 0.29) is 11.8 Å². The molecule has 1 atom stereocenters. The van der Waals surface area contributed by atoms with Crippen LogP contribution in [0.5, 0.6) is 5.75 Å². The summed E-state index contributed by atoms with van der Waals surface area (Å²) < 4.78 is 8.26. The average Bonchev–Trinajstić information content (AvgIpc) is 3.36. The lowest BCUT2D eigenvalue weighted by atomic mass is 10.1. The Bertz CT molecular complexity index is 1280. The average molecular weight is 446 g/mol. The predicted octanol–water partition coefficient (Wildman–Crippen LogP) is 5.60. The van der Waals surface area contributed by atoms with Crippen LogP contribution in [-0.4, -0.2) is 28.6 Å². The smallest absolute Gasteiger partial charge is 0.227 e. The van der Waals surface area contributed by atoms with Crippen molar-refractivity contribution in [3.05, 3.63) is 89.2 Å². The maximum atomic E-state index is 12.9. The third-order valence-corrected chi connectivity index (χ3v) is 6.20. The van der Waals surface area contributed by atoms with Crippen LogP contribution >= 0.6 is 11.6 Å². The van der Waals surface area contributed by atoms with Crippen LogP contribution in [0.2, 0.25) is 5.02 Å². The molecule has 1 saturated heterocycles. The van der Waals surface area contributed by atoms with Gasteiger partial charge in [-0.3, -0.25) is 4.79 Å². The van der Waals surface area contributed by atoms with Crippen LogP contribution < -0.4 is 9.64 Å². The fourth-order valence-corrected chi connectivity index (χ4v) is 4.56. The molecule has 32 heavy (non-hydrogen) atoms. The zero-order chi connectivity index (χ0) is 22.1. The first-order valence-electron chi connectivity index (χ1n) is 10.8. The topological polar surface area (TPSA) is 47.4 Å². The molecule has 2 heterocycles. The molecule has 3 aromatic carbocycles. The number of ether oxygens (including phenoxy) is 1. The molecule has 1 amide bonds. The Hall–Kier alpha value is -3.31. The zero-order valence-corrected chi connectivity index (χ0v) is 18.6. The van der Waals surface area contributed by atoms with E-state index >= 15 is 0 Å². The third-order valence-electron chi connectivity index (χ3n) is 5.96.